The van der Waals surface area contributed by atoms with E-state index in [4.69, 9.17) is 9.98 Å². The fourth-order valence-electron chi connectivity index (χ4n) is 6.67. The van der Waals surface area contributed by atoms with Crippen molar-refractivity contribution in [2.24, 2.45) is 9.98 Å². The fourth-order valence-corrected chi connectivity index (χ4v) is 7.73. The van der Waals surface area contributed by atoms with Crippen LogP contribution in [0, 0.1) is 0 Å². The molecule has 0 saturated carbocycles. The SMILES string of the molecule is O=C1/C(=C/C=C/c2ccccc2)N=C(c2ccccc2)N1c1ccc2c(c1)Sc1cc(N3C(=O)/C(=C\C=C\c4ccccc4)N=C3c3ccccc3)ccc1N2. The summed E-state index contributed by atoms with van der Waals surface area (Å²) in [6.45, 7) is 0. The number of fused-ring (bicyclic) bond motifs is 2. The quantitative estimate of drug-likeness (QED) is 0.157. The van der Waals surface area contributed by atoms with Gasteiger partial charge in [-0.15, -0.1) is 0 Å². The number of amides is 2. The largest absolute Gasteiger partial charge is 0.354 e. The molecular formula is C48H33N5O2S. The van der Waals surface area contributed by atoms with Crippen molar-refractivity contribution in [1.82, 2.24) is 0 Å². The molecule has 0 radical (unpaired) electrons. The summed E-state index contributed by atoms with van der Waals surface area (Å²) in [5, 5.41) is 3.56. The zero-order valence-electron chi connectivity index (χ0n) is 30.0. The summed E-state index contributed by atoms with van der Waals surface area (Å²) in [7, 11) is 0. The summed E-state index contributed by atoms with van der Waals surface area (Å²) in [6.07, 6.45) is 11.2. The molecule has 6 aromatic carbocycles. The van der Waals surface area contributed by atoms with Crippen LogP contribution in [-0.2, 0) is 9.59 Å². The third-order valence-corrected chi connectivity index (χ3v) is 10.5. The number of hydrogen-bond donors (Lipinski definition) is 1. The monoisotopic (exact) mass is 743 g/mol. The van der Waals surface area contributed by atoms with E-state index in [1.165, 1.54) is 0 Å². The number of allylic oxidation sites excluding steroid dienone is 4. The van der Waals surface area contributed by atoms with Gasteiger partial charge in [-0.1, -0.05) is 157 Å². The predicted molar refractivity (Wildman–Crippen MR) is 228 cm³/mol. The molecule has 0 bridgehead atoms. The molecule has 2 amide bonds. The molecule has 0 spiro atoms. The number of aliphatic imine (C=N–C) groups is 2. The van der Waals surface area contributed by atoms with Crippen molar-refractivity contribution in [3.63, 3.8) is 0 Å². The third kappa shape index (κ3) is 6.93. The maximum absolute atomic E-state index is 14.1. The van der Waals surface area contributed by atoms with Crippen LogP contribution in [0.25, 0.3) is 12.2 Å². The van der Waals surface area contributed by atoms with E-state index in [0.717, 1.165) is 43.4 Å². The summed E-state index contributed by atoms with van der Waals surface area (Å²) < 4.78 is 0. The van der Waals surface area contributed by atoms with Crippen molar-refractivity contribution < 1.29 is 9.59 Å². The highest BCUT2D eigenvalue weighted by Crippen LogP contribution is 2.47. The molecule has 3 heterocycles. The van der Waals surface area contributed by atoms with Crippen LogP contribution in [0.15, 0.2) is 213 Å². The highest BCUT2D eigenvalue weighted by Gasteiger charge is 2.35. The molecule has 0 aromatic heterocycles. The minimum Gasteiger partial charge on any atom is -0.354 e. The van der Waals surface area contributed by atoms with Gasteiger partial charge in [0.25, 0.3) is 11.8 Å². The zero-order valence-corrected chi connectivity index (χ0v) is 30.8. The lowest BCUT2D eigenvalue weighted by atomic mass is 10.1. The van der Waals surface area contributed by atoms with Gasteiger partial charge >= 0.3 is 0 Å². The molecule has 268 valence electrons. The Labute approximate surface area is 329 Å². The number of amidine groups is 2. The van der Waals surface area contributed by atoms with E-state index in [-0.39, 0.29) is 11.8 Å². The maximum Gasteiger partial charge on any atom is 0.282 e. The summed E-state index contributed by atoms with van der Waals surface area (Å²) in [6, 6.07) is 51.3. The lowest BCUT2D eigenvalue weighted by Crippen LogP contribution is -2.32. The Bertz CT molecular complexity index is 2480. The predicted octanol–water partition coefficient (Wildman–Crippen LogP) is 10.7. The van der Waals surface area contributed by atoms with Crippen LogP contribution in [0.4, 0.5) is 22.7 Å². The Morgan fingerprint density at radius 1 is 0.482 bits per heavy atom. The topological polar surface area (TPSA) is 77.4 Å². The van der Waals surface area contributed by atoms with Gasteiger partial charge in [-0.05, 0) is 59.7 Å². The van der Waals surface area contributed by atoms with Crippen LogP contribution in [-0.4, -0.2) is 23.5 Å². The summed E-state index contributed by atoms with van der Waals surface area (Å²) in [5.41, 5.74) is 7.69. The first kappa shape index (κ1) is 34.5. The van der Waals surface area contributed by atoms with E-state index in [2.05, 4.69) is 5.32 Å². The Kier molecular flexibility index (Phi) is 9.37. The average molecular weight is 744 g/mol. The van der Waals surface area contributed by atoms with Gasteiger partial charge in [-0.3, -0.25) is 19.4 Å². The lowest BCUT2D eigenvalue weighted by molar-refractivity contribution is -0.114. The molecule has 0 aliphatic carbocycles. The zero-order chi connectivity index (χ0) is 37.8. The number of carbonyl (C=O) groups excluding carboxylic acids is 2. The van der Waals surface area contributed by atoms with E-state index in [1.54, 1.807) is 33.7 Å². The van der Waals surface area contributed by atoms with Crippen LogP contribution in [0.5, 0.6) is 0 Å². The van der Waals surface area contributed by atoms with Crippen LogP contribution >= 0.6 is 11.8 Å². The molecule has 9 rings (SSSR count). The molecule has 0 fully saturated rings. The second kappa shape index (κ2) is 15.2. The van der Waals surface area contributed by atoms with Crippen molar-refractivity contribution in [3.8, 4) is 0 Å². The molecule has 0 unspecified atom stereocenters. The van der Waals surface area contributed by atoms with E-state index < -0.39 is 0 Å². The van der Waals surface area contributed by atoms with Gasteiger partial charge in [0.15, 0.2) is 0 Å². The highest BCUT2D eigenvalue weighted by atomic mass is 32.2. The number of rotatable bonds is 8. The normalized spacial score (nSPS) is 16.4. The van der Waals surface area contributed by atoms with Crippen LogP contribution in [0.2, 0.25) is 0 Å². The maximum atomic E-state index is 14.1. The number of benzene rings is 6. The first-order chi connectivity index (χ1) is 27.6. The molecule has 8 heteroatoms. The second-order valence-electron chi connectivity index (χ2n) is 13.1. The Balaban J connectivity index is 1.02. The van der Waals surface area contributed by atoms with Gasteiger partial charge in [-0.2, -0.15) is 0 Å². The lowest BCUT2D eigenvalue weighted by Gasteiger charge is -2.26. The number of anilines is 4. The Hall–Kier alpha value is -7.29. The average Bonchev–Trinajstić information content (AvgIpc) is 3.76. The van der Waals surface area contributed by atoms with Crippen LogP contribution in [0.3, 0.4) is 0 Å². The van der Waals surface area contributed by atoms with Gasteiger partial charge in [0.1, 0.15) is 23.1 Å². The van der Waals surface area contributed by atoms with Crippen molar-refractivity contribution >= 4 is 70.1 Å². The third-order valence-electron chi connectivity index (χ3n) is 9.41. The molecule has 7 nitrogen and oxygen atoms in total. The minimum atomic E-state index is -0.208. The first-order valence-corrected chi connectivity index (χ1v) is 19.0. The number of hydrogen-bond acceptors (Lipinski definition) is 6. The standard InChI is InChI=1S/C48H33N5O2S/c54-47-41(25-13-19-33-15-5-1-6-16-33)50-45(35-21-9-3-10-22-35)52(47)37-27-29-39-43(31-37)56-44-32-38(28-30-40(44)49-39)53-46(36-23-11-4-12-24-36)51-42(48(53)55)26-14-20-34-17-7-2-8-18-34/h1-32,49H/b19-13+,20-14+,41-25-,42-26+. The van der Waals surface area contributed by atoms with Gasteiger partial charge in [-0.25, -0.2) is 9.98 Å². The fraction of sp³-hybridized carbons (Fsp3) is 0. The van der Waals surface area contributed by atoms with Crippen LogP contribution < -0.4 is 15.1 Å². The van der Waals surface area contributed by atoms with Crippen molar-refractivity contribution in [3.05, 3.63) is 216 Å². The van der Waals surface area contributed by atoms with Crippen molar-refractivity contribution in [2.45, 2.75) is 9.79 Å². The summed E-state index contributed by atoms with van der Waals surface area (Å²) >= 11 is 1.58. The second-order valence-corrected chi connectivity index (χ2v) is 14.2. The molecule has 1 N–H and O–H groups in total. The Morgan fingerprint density at radius 3 is 1.29 bits per heavy atom. The van der Waals surface area contributed by atoms with E-state index >= 15 is 0 Å². The Morgan fingerprint density at radius 2 is 0.875 bits per heavy atom. The molecule has 56 heavy (non-hydrogen) atoms. The smallest absolute Gasteiger partial charge is 0.282 e. The van der Waals surface area contributed by atoms with Crippen molar-refractivity contribution in [2.75, 3.05) is 15.1 Å². The molecule has 0 saturated heterocycles. The number of carbonyl (C=O) groups is 2. The first-order valence-electron chi connectivity index (χ1n) is 18.2. The number of nitrogens with one attached hydrogen (secondary N) is 1. The minimum absolute atomic E-state index is 0.208. The number of nitrogens with zero attached hydrogens (tertiary/aromatic N) is 4. The van der Waals surface area contributed by atoms with Crippen LogP contribution in [0.1, 0.15) is 22.3 Å². The molecular weight excluding hydrogens is 711 g/mol. The molecule has 3 aliphatic rings. The summed E-state index contributed by atoms with van der Waals surface area (Å²) in [4.78, 5) is 43.0. The van der Waals surface area contributed by atoms with Gasteiger partial charge in [0.05, 0.1) is 22.7 Å². The van der Waals surface area contributed by atoms with Gasteiger partial charge < -0.3 is 5.32 Å². The van der Waals surface area contributed by atoms with E-state index in [9.17, 15) is 9.59 Å². The molecule has 6 aromatic rings. The van der Waals surface area contributed by atoms with Crippen molar-refractivity contribution in [1.29, 1.82) is 0 Å². The van der Waals surface area contributed by atoms with Gasteiger partial charge in [0.2, 0.25) is 0 Å². The molecule has 0 atom stereocenters. The van der Waals surface area contributed by atoms with E-state index in [1.807, 2.05) is 182 Å². The summed E-state index contributed by atoms with van der Waals surface area (Å²) in [5.74, 6) is 0.713. The highest BCUT2D eigenvalue weighted by molar-refractivity contribution is 7.99. The molecule has 3 aliphatic heterocycles. The van der Waals surface area contributed by atoms with Gasteiger partial charge in [0, 0.05) is 20.9 Å². The van der Waals surface area contributed by atoms with E-state index in [0.29, 0.717) is 34.4 Å².